The summed E-state index contributed by atoms with van der Waals surface area (Å²) >= 11 is 6.27. The minimum absolute atomic E-state index is 0.202. The van der Waals surface area contributed by atoms with Crippen molar-refractivity contribution in [2.24, 2.45) is 5.92 Å². The molecule has 30 heavy (non-hydrogen) atoms. The average Bonchev–Trinajstić information content (AvgIpc) is 2.74. The normalized spacial score (nSPS) is 14.0. The number of carbonyl (C=O) groups is 2. The molecule has 0 saturated heterocycles. The molecule has 2 unspecified atom stereocenters. The zero-order valence-corrected chi connectivity index (χ0v) is 19.5. The Kier molecular flexibility index (Phi) is 9.33. The summed E-state index contributed by atoms with van der Waals surface area (Å²) in [5, 5.41) is 0.569. The number of unbranched alkanes of at least 4 members (excludes halogenated alkanes) is 1. The SMILES string of the molecule is CCCCC(CC)COC(=O)CP(=O)(C(=O)c1c(C)cccc1Cl)c1ccccc1. The zero-order chi connectivity index (χ0) is 22.1. The highest BCUT2D eigenvalue weighted by atomic mass is 35.5. The van der Waals surface area contributed by atoms with Gasteiger partial charge >= 0.3 is 5.97 Å². The molecule has 0 aliphatic rings. The number of halogens is 1. The lowest BCUT2D eigenvalue weighted by Crippen LogP contribution is -2.24. The van der Waals surface area contributed by atoms with E-state index in [1.807, 2.05) is 0 Å². The first kappa shape index (κ1) is 24.4. The number of rotatable bonds is 11. The summed E-state index contributed by atoms with van der Waals surface area (Å²) in [6, 6.07) is 13.5. The Morgan fingerprint density at radius 2 is 1.77 bits per heavy atom. The monoisotopic (exact) mass is 448 g/mol. The van der Waals surface area contributed by atoms with Gasteiger partial charge < -0.3 is 9.30 Å². The van der Waals surface area contributed by atoms with Crippen LogP contribution in [0.3, 0.4) is 0 Å². The van der Waals surface area contributed by atoms with Crippen LogP contribution in [0.25, 0.3) is 0 Å². The van der Waals surface area contributed by atoms with Gasteiger partial charge in [0.15, 0.2) is 7.14 Å². The Hall–Kier alpha value is -1.90. The van der Waals surface area contributed by atoms with Gasteiger partial charge in [-0.15, -0.1) is 0 Å². The van der Waals surface area contributed by atoms with E-state index in [0.29, 0.717) is 10.9 Å². The highest BCUT2D eigenvalue weighted by molar-refractivity contribution is 7.88. The molecule has 0 aromatic heterocycles. The Balaban J connectivity index is 2.29. The lowest BCUT2D eigenvalue weighted by atomic mass is 10.0. The average molecular weight is 449 g/mol. The largest absolute Gasteiger partial charge is 0.465 e. The van der Waals surface area contributed by atoms with Crippen molar-refractivity contribution in [3.8, 4) is 0 Å². The van der Waals surface area contributed by atoms with Gasteiger partial charge in [-0.1, -0.05) is 87.2 Å². The van der Waals surface area contributed by atoms with Gasteiger partial charge in [0.05, 0.1) is 11.6 Å². The third kappa shape index (κ3) is 6.06. The first-order valence-electron chi connectivity index (χ1n) is 10.4. The molecule has 0 aliphatic carbocycles. The van der Waals surface area contributed by atoms with Crippen molar-refractivity contribution < 1.29 is 18.9 Å². The number of hydrogen-bond donors (Lipinski definition) is 0. The fourth-order valence-corrected chi connectivity index (χ4v) is 6.07. The van der Waals surface area contributed by atoms with Gasteiger partial charge in [-0.2, -0.15) is 0 Å². The van der Waals surface area contributed by atoms with Crippen LogP contribution in [0.4, 0.5) is 0 Å². The van der Waals surface area contributed by atoms with Crippen molar-refractivity contribution in [1.29, 1.82) is 0 Å². The van der Waals surface area contributed by atoms with E-state index in [2.05, 4.69) is 13.8 Å². The molecule has 0 bridgehead atoms. The number of esters is 1. The van der Waals surface area contributed by atoms with Gasteiger partial charge in [-0.25, -0.2) is 0 Å². The Morgan fingerprint density at radius 3 is 2.37 bits per heavy atom. The van der Waals surface area contributed by atoms with E-state index in [1.165, 1.54) is 0 Å². The highest BCUT2D eigenvalue weighted by Gasteiger charge is 2.39. The molecule has 2 aromatic carbocycles. The molecule has 0 spiro atoms. The molecule has 0 amide bonds. The molecular formula is C24H30ClO4P. The van der Waals surface area contributed by atoms with E-state index in [-0.39, 0.29) is 23.1 Å². The fourth-order valence-electron chi connectivity index (χ4n) is 3.37. The number of benzene rings is 2. The molecule has 0 N–H and O–H groups in total. The lowest BCUT2D eigenvalue weighted by Gasteiger charge is -2.20. The molecule has 2 aromatic rings. The van der Waals surface area contributed by atoms with Crippen molar-refractivity contribution in [3.05, 3.63) is 64.7 Å². The Bertz CT molecular complexity index is 890. The molecule has 4 nitrogen and oxygen atoms in total. The third-order valence-corrected chi connectivity index (χ3v) is 8.34. The molecule has 162 valence electrons. The van der Waals surface area contributed by atoms with Gasteiger partial charge in [0.25, 0.3) is 0 Å². The van der Waals surface area contributed by atoms with E-state index < -0.39 is 24.8 Å². The van der Waals surface area contributed by atoms with Crippen molar-refractivity contribution in [2.75, 3.05) is 12.8 Å². The molecule has 0 heterocycles. The summed E-state index contributed by atoms with van der Waals surface area (Å²) in [7, 11) is -3.78. The van der Waals surface area contributed by atoms with Crippen LogP contribution in [0.5, 0.6) is 0 Å². The minimum atomic E-state index is -3.78. The van der Waals surface area contributed by atoms with Gasteiger partial charge in [0, 0.05) is 10.9 Å². The molecule has 2 atom stereocenters. The van der Waals surface area contributed by atoms with Gasteiger partial charge in [0.2, 0.25) is 5.52 Å². The fraction of sp³-hybridized carbons (Fsp3) is 0.417. The second-order valence-electron chi connectivity index (χ2n) is 7.57. The minimum Gasteiger partial charge on any atom is -0.465 e. The standard InChI is InChI=1S/C24H30ClO4P/c1-4-6-12-19(5-2)16-29-22(26)17-30(28,20-13-8-7-9-14-20)24(27)23-18(3)11-10-15-21(23)25/h7-11,13-15,19H,4-6,12,16-17H2,1-3H3. The van der Waals surface area contributed by atoms with Crippen molar-refractivity contribution in [3.63, 3.8) is 0 Å². The predicted molar refractivity (Wildman–Crippen MR) is 123 cm³/mol. The summed E-state index contributed by atoms with van der Waals surface area (Å²) in [4.78, 5) is 26.1. The number of ether oxygens (including phenoxy) is 1. The molecular weight excluding hydrogens is 419 g/mol. The highest BCUT2D eigenvalue weighted by Crippen LogP contribution is 2.49. The summed E-state index contributed by atoms with van der Waals surface area (Å²) in [5.74, 6) is -0.346. The van der Waals surface area contributed by atoms with Crippen LogP contribution in [-0.4, -0.2) is 24.3 Å². The summed E-state index contributed by atoms with van der Waals surface area (Å²) < 4.78 is 19.5. The maximum absolute atomic E-state index is 14.0. The van der Waals surface area contributed by atoms with E-state index in [0.717, 1.165) is 25.7 Å². The van der Waals surface area contributed by atoms with Crippen LogP contribution in [0.15, 0.2) is 48.5 Å². The van der Waals surface area contributed by atoms with Crippen LogP contribution in [-0.2, 0) is 14.1 Å². The van der Waals surface area contributed by atoms with Crippen LogP contribution >= 0.6 is 18.7 Å². The number of hydrogen-bond acceptors (Lipinski definition) is 4. The quantitative estimate of drug-likeness (QED) is 0.301. The zero-order valence-electron chi connectivity index (χ0n) is 17.9. The smallest absolute Gasteiger partial charge is 0.314 e. The third-order valence-electron chi connectivity index (χ3n) is 5.31. The first-order valence-corrected chi connectivity index (χ1v) is 12.7. The maximum atomic E-state index is 14.0. The number of carbonyl (C=O) groups excluding carboxylic acids is 2. The second kappa shape index (κ2) is 11.5. The predicted octanol–water partition coefficient (Wildman–Crippen LogP) is 6.24. The molecule has 0 radical (unpaired) electrons. The second-order valence-corrected chi connectivity index (χ2v) is 10.7. The molecule has 0 aliphatic heterocycles. The Labute approximate surface area is 184 Å². The van der Waals surface area contributed by atoms with Gasteiger partial charge in [0.1, 0.15) is 6.16 Å². The molecule has 2 rings (SSSR count). The molecule has 6 heteroatoms. The van der Waals surface area contributed by atoms with Crippen LogP contribution in [0.1, 0.15) is 55.5 Å². The van der Waals surface area contributed by atoms with Crippen molar-refractivity contribution >= 4 is 35.5 Å². The number of aryl methyl sites for hydroxylation is 1. The molecule has 0 fully saturated rings. The first-order chi connectivity index (χ1) is 14.3. The summed E-state index contributed by atoms with van der Waals surface area (Å²) in [5.41, 5.74) is 0.225. The lowest BCUT2D eigenvalue weighted by molar-refractivity contribution is -0.142. The summed E-state index contributed by atoms with van der Waals surface area (Å²) in [6.45, 7) is 6.21. The van der Waals surface area contributed by atoms with Crippen LogP contribution in [0, 0.1) is 12.8 Å². The van der Waals surface area contributed by atoms with E-state index in [1.54, 1.807) is 55.5 Å². The van der Waals surface area contributed by atoms with E-state index >= 15 is 0 Å². The van der Waals surface area contributed by atoms with E-state index in [9.17, 15) is 14.2 Å². The maximum Gasteiger partial charge on any atom is 0.314 e. The molecule has 0 saturated carbocycles. The van der Waals surface area contributed by atoms with Crippen LogP contribution in [0.2, 0.25) is 5.02 Å². The van der Waals surface area contributed by atoms with Crippen molar-refractivity contribution in [1.82, 2.24) is 0 Å². The van der Waals surface area contributed by atoms with Crippen LogP contribution < -0.4 is 5.30 Å². The van der Waals surface area contributed by atoms with Gasteiger partial charge in [-0.3, -0.25) is 9.59 Å². The van der Waals surface area contributed by atoms with Crippen molar-refractivity contribution in [2.45, 2.75) is 46.5 Å². The van der Waals surface area contributed by atoms with E-state index in [4.69, 9.17) is 16.3 Å². The summed E-state index contributed by atoms with van der Waals surface area (Å²) in [6.07, 6.45) is 3.57. The Morgan fingerprint density at radius 1 is 1.07 bits per heavy atom. The topological polar surface area (TPSA) is 60.4 Å². The van der Waals surface area contributed by atoms with Gasteiger partial charge in [-0.05, 0) is 30.9 Å².